The standard InChI is InChI=1S/C9H16N2O/c1-5-12-9(4)11-8(3)6-7(2)10-11/h6,9H,5H2,1-4H3/t9-/m1/s1. The summed E-state index contributed by atoms with van der Waals surface area (Å²) in [7, 11) is 0. The molecule has 0 fully saturated rings. The van der Waals surface area contributed by atoms with E-state index in [9.17, 15) is 0 Å². The molecule has 3 heteroatoms. The molecule has 0 amide bonds. The molecule has 1 atom stereocenters. The summed E-state index contributed by atoms with van der Waals surface area (Å²) in [5.41, 5.74) is 2.19. The molecule has 0 N–H and O–H groups in total. The van der Waals surface area contributed by atoms with Gasteiger partial charge in [0.25, 0.3) is 0 Å². The van der Waals surface area contributed by atoms with E-state index >= 15 is 0 Å². The molecule has 0 radical (unpaired) electrons. The van der Waals surface area contributed by atoms with Crippen molar-refractivity contribution < 1.29 is 4.74 Å². The fourth-order valence-corrected chi connectivity index (χ4v) is 1.33. The fraction of sp³-hybridized carbons (Fsp3) is 0.667. The minimum absolute atomic E-state index is 0.0451. The average Bonchev–Trinajstić information content (AvgIpc) is 2.30. The lowest BCUT2D eigenvalue weighted by molar-refractivity contribution is 0.0144. The Morgan fingerprint density at radius 1 is 1.58 bits per heavy atom. The van der Waals surface area contributed by atoms with E-state index in [0.29, 0.717) is 0 Å². The summed E-state index contributed by atoms with van der Waals surface area (Å²) in [5, 5.41) is 4.32. The fourth-order valence-electron chi connectivity index (χ4n) is 1.33. The van der Waals surface area contributed by atoms with E-state index in [1.165, 1.54) is 0 Å². The highest BCUT2D eigenvalue weighted by molar-refractivity contribution is 5.06. The lowest BCUT2D eigenvalue weighted by Crippen LogP contribution is -2.12. The maximum absolute atomic E-state index is 5.42. The largest absolute Gasteiger partial charge is 0.357 e. The van der Waals surface area contributed by atoms with Gasteiger partial charge in [-0.25, -0.2) is 4.68 Å². The molecule has 0 saturated carbocycles. The number of aromatic nitrogens is 2. The molecule has 0 aromatic carbocycles. The van der Waals surface area contributed by atoms with Crippen LogP contribution in [0.3, 0.4) is 0 Å². The first kappa shape index (κ1) is 9.26. The molecule has 0 saturated heterocycles. The molecule has 1 heterocycles. The summed E-state index contributed by atoms with van der Waals surface area (Å²) >= 11 is 0. The topological polar surface area (TPSA) is 27.1 Å². The van der Waals surface area contributed by atoms with Crippen LogP contribution in [0.5, 0.6) is 0 Å². The molecule has 1 aromatic rings. The highest BCUT2D eigenvalue weighted by Gasteiger charge is 2.07. The predicted molar refractivity (Wildman–Crippen MR) is 48.0 cm³/mol. The molecule has 0 bridgehead atoms. The van der Waals surface area contributed by atoms with Gasteiger partial charge in [0.05, 0.1) is 5.69 Å². The van der Waals surface area contributed by atoms with Crippen molar-refractivity contribution in [3.63, 3.8) is 0 Å². The lowest BCUT2D eigenvalue weighted by atomic mass is 10.4. The van der Waals surface area contributed by atoms with Crippen molar-refractivity contribution in [2.24, 2.45) is 0 Å². The second-order valence-corrected chi connectivity index (χ2v) is 2.93. The predicted octanol–water partition coefficient (Wildman–Crippen LogP) is 2.05. The van der Waals surface area contributed by atoms with Crippen LogP contribution in [0.1, 0.15) is 31.5 Å². The van der Waals surface area contributed by atoms with Gasteiger partial charge in [0, 0.05) is 12.3 Å². The van der Waals surface area contributed by atoms with Gasteiger partial charge in [0.15, 0.2) is 0 Å². The van der Waals surface area contributed by atoms with E-state index in [-0.39, 0.29) is 6.23 Å². The van der Waals surface area contributed by atoms with Gasteiger partial charge in [-0.05, 0) is 33.8 Å². The van der Waals surface area contributed by atoms with Crippen molar-refractivity contribution in [3.05, 3.63) is 17.5 Å². The average molecular weight is 168 g/mol. The SMILES string of the molecule is CCO[C@H](C)n1nc(C)cc1C. The molecule has 0 unspecified atom stereocenters. The Labute approximate surface area is 73.3 Å². The molecule has 1 rings (SSSR count). The first-order chi connectivity index (χ1) is 5.65. The Morgan fingerprint density at radius 3 is 2.67 bits per heavy atom. The van der Waals surface area contributed by atoms with E-state index in [1.807, 2.05) is 32.4 Å². The molecular weight excluding hydrogens is 152 g/mol. The zero-order valence-corrected chi connectivity index (χ0v) is 8.16. The van der Waals surface area contributed by atoms with Crippen molar-refractivity contribution in [2.45, 2.75) is 33.9 Å². The van der Waals surface area contributed by atoms with Gasteiger partial charge < -0.3 is 4.74 Å². The minimum atomic E-state index is 0.0451. The van der Waals surface area contributed by atoms with E-state index in [1.54, 1.807) is 0 Å². The Kier molecular flexibility index (Phi) is 2.87. The van der Waals surface area contributed by atoms with Crippen molar-refractivity contribution in [2.75, 3.05) is 6.61 Å². The molecule has 0 aliphatic rings. The molecule has 12 heavy (non-hydrogen) atoms. The third-order valence-corrected chi connectivity index (χ3v) is 1.80. The van der Waals surface area contributed by atoms with Gasteiger partial charge in [-0.1, -0.05) is 0 Å². The van der Waals surface area contributed by atoms with Gasteiger partial charge in [-0.2, -0.15) is 5.10 Å². The Balaban J connectivity index is 2.79. The van der Waals surface area contributed by atoms with Crippen LogP contribution in [0.15, 0.2) is 6.07 Å². The van der Waals surface area contributed by atoms with Crippen molar-refractivity contribution in [3.8, 4) is 0 Å². The summed E-state index contributed by atoms with van der Waals surface area (Å²) in [6.07, 6.45) is 0.0451. The van der Waals surface area contributed by atoms with Gasteiger partial charge in [-0.3, -0.25) is 0 Å². The third-order valence-electron chi connectivity index (χ3n) is 1.80. The van der Waals surface area contributed by atoms with Crippen LogP contribution in [-0.2, 0) is 4.74 Å². The molecule has 0 spiro atoms. The van der Waals surface area contributed by atoms with Crippen LogP contribution in [0.2, 0.25) is 0 Å². The van der Waals surface area contributed by atoms with Crippen LogP contribution in [0.4, 0.5) is 0 Å². The number of aryl methyl sites for hydroxylation is 2. The molecule has 3 nitrogen and oxygen atoms in total. The highest BCUT2D eigenvalue weighted by Crippen LogP contribution is 2.11. The highest BCUT2D eigenvalue weighted by atomic mass is 16.5. The van der Waals surface area contributed by atoms with Crippen LogP contribution < -0.4 is 0 Å². The molecule has 68 valence electrons. The number of hydrogen-bond donors (Lipinski definition) is 0. The van der Waals surface area contributed by atoms with Gasteiger partial charge in [-0.15, -0.1) is 0 Å². The molecular formula is C9H16N2O. The summed E-state index contributed by atoms with van der Waals surface area (Å²) in [6, 6.07) is 2.05. The Bertz CT molecular complexity index is 255. The smallest absolute Gasteiger partial charge is 0.147 e. The summed E-state index contributed by atoms with van der Waals surface area (Å²) in [5.74, 6) is 0. The van der Waals surface area contributed by atoms with Gasteiger partial charge >= 0.3 is 0 Å². The molecule has 0 aliphatic carbocycles. The van der Waals surface area contributed by atoms with Crippen molar-refractivity contribution in [1.29, 1.82) is 0 Å². The number of ether oxygens (including phenoxy) is 1. The normalized spacial score (nSPS) is 13.3. The van der Waals surface area contributed by atoms with Crippen molar-refractivity contribution >= 4 is 0 Å². The quantitative estimate of drug-likeness (QED) is 0.690. The summed E-state index contributed by atoms with van der Waals surface area (Å²) < 4.78 is 7.32. The zero-order chi connectivity index (χ0) is 9.14. The first-order valence-electron chi connectivity index (χ1n) is 4.29. The maximum atomic E-state index is 5.42. The third kappa shape index (κ3) is 1.85. The Hall–Kier alpha value is -0.830. The van der Waals surface area contributed by atoms with E-state index in [4.69, 9.17) is 4.74 Å². The minimum Gasteiger partial charge on any atom is -0.357 e. The number of rotatable bonds is 3. The van der Waals surface area contributed by atoms with Gasteiger partial charge in [0.2, 0.25) is 0 Å². The zero-order valence-electron chi connectivity index (χ0n) is 8.16. The van der Waals surface area contributed by atoms with Crippen LogP contribution >= 0.6 is 0 Å². The van der Waals surface area contributed by atoms with Crippen LogP contribution in [0.25, 0.3) is 0 Å². The first-order valence-corrected chi connectivity index (χ1v) is 4.29. The summed E-state index contributed by atoms with van der Waals surface area (Å²) in [4.78, 5) is 0. The van der Waals surface area contributed by atoms with E-state index in [2.05, 4.69) is 11.2 Å². The van der Waals surface area contributed by atoms with Crippen molar-refractivity contribution in [1.82, 2.24) is 9.78 Å². The number of nitrogens with zero attached hydrogens (tertiary/aromatic N) is 2. The van der Waals surface area contributed by atoms with E-state index < -0.39 is 0 Å². The number of hydrogen-bond acceptors (Lipinski definition) is 2. The molecule has 0 aliphatic heterocycles. The monoisotopic (exact) mass is 168 g/mol. The van der Waals surface area contributed by atoms with Crippen LogP contribution in [0, 0.1) is 13.8 Å². The Morgan fingerprint density at radius 2 is 2.25 bits per heavy atom. The maximum Gasteiger partial charge on any atom is 0.147 e. The second kappa shape index (κ2) is 3.72. The molecule has 1 aromatic heterocycles. The lowest BCUT2D eigenvalue weighted by Gasteiger charge is -2.13. The van der Waals surface area contributed by atoms with E-state index in [0.717, 1.165) is 18.0 Å². The second-order valence-electron chi connectivity index (χ2n) is 2.93. The summed E-state index contributed by atoms with van der Waals surface area (Å²) in [6.45, 7) is 8.74. The van der Waals surface area contributed by atoms with Gasteiger partial charge in [0.1, 0.15) is 6.23 Å². The van der Waals surface area contributed by atoms with Crippen LogP contribution in [-0.4, -0.2) is 16.4 Å².